The van der Waals surface area contributed by atoms with E-state index in [4.69, 9.17) is 8.92 Å². The average molecular weight is 410 g/mol. The van der Waals surface area contributed by atoms with E-state index in [-0.39, 0.29) is 4.90 Å². The Morgan fingerprint density at radius 3 is 1.76 bits per heavy atom. The normalized spacial score (nSPS) is 12.5. The van der Waals surface area contributed by atoms with Gasteiger partial charge < -0.3 is 4.74 Å². The van der Waals surface area contributed by atoms with Crippen LogP contribution in [0.25, 0.3) is 0 Å². The highest BCUT2D eigenvalue weighted by Crippen LogP contribution is 2.27. The van der Waals surface area contributed by atoms with Crippen LogP contribution in [0.4, 0.5) is 0 Å². The molecule has 0 radical (unpaired) electrons. The van der Waals surface area contributed by atoms with Crippen molar-refractivity contribution in [2.45, 2.75) is 31.0 Å². The molecule has 0 saturated carbocycles. The average Bonchev–Trinajstić information content (AvgIpc) is 2.73. The SMILES string of the molecule is Cc1ccc(S(=O)(=O)O[C@@H](C)C(=O)OC(c2ccccc2)c2ccccc2)cc1. The van der Waals surface area contributed by atoms with Gasteiger partial charge in [0.05, 0.1) is 4.90 Å². The summed E-state index contributed by atoms with van der Waals surface area (Å²) in [4.78, 5) is 12.6. The third-order valence-electron chi connectivity index (χ3n) is 4.35. The first-order valence-corrected chi connectivity index (χ1v) is 10.6. The molecule has 0 heterocycles. The van der Waals surface area contributed by atoms with Gasteiger partial charge in [-0.25, -0.2) is 4.79 Å². The zero-order valence-corrected chi connectivity index (χ0v) is 17.0. The van der Waals surface area contributed by atoms with Gasteiger partial charge in [-0.1, -0.05) is 78.4 Å². The van der Waals surface area contributed by atoms with Crippen LogP contribution in [0.1, 0.15) is 29.7 Å². The van der Waals surface area contributed by atoms with Crippen LogP contribution >= 0.6 is 0 Å². The summed E-state index contributed by atoms with van der Waals surface area (Å²) >= 11 is 0. The van der Waals surface area contributed by atoms with Gasteiger partial charge in [0.1, 0.15) is 0 Å². The Morgan fingerprint density at radius 2 is 1.28 bits per heavy atom. The van der Waals surface area contributed by atoms with Gasteiger partial charge in [-0.05, 0) is 37.1 Å². The van der Waals surface area contributed by atoms with E-state index >= 15 is 0 Å². The second-order valence-electron chi connectivity index (χ2n) is 6.64. The van der Waals surface area contributed by atoms with Gasteiger partial charge in [-0.15, -0.1) is 0 Å². The van der Waals surface area contributed by atoms with Crippen molar-refractivity contribution in [1.82, 2.24) is 0 Å². The van der Waals surface area contributed by atoms with Crippen molar-refractivity contribution < 1.29 is 22.1 Å². The number of ether oxygens (including phenoxy) is 1. The van der Waals surface area contributed by atoms with Crippen molar-refractivity contribution in [2.24, 2.45) is 0 Å². The highest BCUT2D eigenvalue weighted by Gasteiger charge is 2.28. The summed E-state index contributed by atoms with van der Waals surface area (Å²) in [6.07, 6.45) is -1.96. The summed E-state index contributed by atoms with van der Waals surface area (Å²) in [6.45, 7) is 3.21. The van der Waals surface area contributed by atoms with Crippen molar-refractivity contribution in [3.8, 4) is 0 Å². The molecule has 0 aliphatic heterocycles. The Morgan fingerprint density at radius 1 is 0.793 bits per heavy atom. The molecule has 3 rings (SSSR count). The largest absolute Gasteiger partial charge is 0.451 e. The first-order valence-electron chi connectivity index (χ1n) is 9.17. The number of rotatable bonds is 7. The lowest BCUT2D eigenvalue weighted by Crippen LogP contribution is -2.28. The lowest BCUT2D eigenvalue weighted by Gasteiger charge is -2.21. The second kappa shape index (κ2) is 9.03. The number of benzene rings is 3. The Kier molecular flexibility index (Phi) is 6.46. The van der Waals surface area contributed by atoms with Crippen molar-refractivity contribution in [3.05, 3.63) is 102 Å². The van der Waals surface area contributed by atoms with Crippen LogP contribution in [0.15, 0.2) is 89.8 Å². The summed E-state index contributed by atoms with van der Waals surface area (Å²) < 4.78 is 35.7. The quantitative estimate of drug-likeness (QED) is 0.426. The molecule has 0 amide bonds. The van der Waals surface area contributed by atoms with Crippen molar-refractivity contribution >= 4 is 16.1 Å². The Balaban J connectivity index is 1.78. The number of carbonyl (C=O) groups excluding carboxylic acids is 1. The van der Waals surface area contributed by atoms with Crippen LogP contribution < -0.4 is 0 Å². The smallest absolute Gasteiger partial charge is 0.337 e. The Labute approximate surface area is 171 Å². The first kappa shape index (κ1) is 20.8. The second-order valence-corrected chi connectivity index (χ2v) is 8.22. The van der Waals surface area contributed by atoms with Crippen molar-refractivity contribution in [2.75, 3.05) is 0 Å². The standard InChI is InChI=1S/C23H22O5S/c1-17-13-15-21(16-14-17)29(25,26)28-18(2)23(24)27-22(19-9-5-3-6-10-19)20-11-7-4-8-12-20/h3-16,18,22H,1-2H3/t18-/m0/s1. The summed E-state index contributed by atoms with van der Waals surface area (Å²) in [5.41, 5.74) is 2.48. The van der Waals surface area contributed by atoms with Crippen molar-refractivity contribution in [1.29, 1.82) is 0 Å². The van der Waals surface area contributed by atoms with Gasteiger partial charge in [0, 0.05) is 0 Å². The number of hydrogen-bond donors (Lipinski definition) is 0. The minimum Gasteiger partial charge on any atom is -0.451 e. The molecule has 5 nitrogen and oxygen atoms in total. The highest BCUT2D eigenvalue weighted by atomic mass is 32.2. The molecule has 0 fully saturated rings. The summed E-state index contributed by atoms with van der Waals surface area (Å²) in [6, 6.07) is 24.7. The molecule has 3 aromatic rings. The van der Waals surface area contributed by atoms with Gasteiger partial charge in [-0.3, -0.25) is 4.18 Å². The summed E-state index contributed by atoms with van der Waals surface area (Å²) in [7, 11) is -4.09. The molecule has 0 saturated heterocycles. The fourth-order valence-corrected chi connectivity index (χ4v) is 3.83. The Bertz CT molecular complexity index is 1010. The minimum absolute atomic E-state index is 0.00887. The van der Waals surface area contributed by atoms with E-state index in [1.165, 1.54) is 19.1 Å². The van der Waals surface area contributed by atoms with Crippen LogP contribution in [0.2, 0.25) is 0 Å². The lowest BCUT2D eigenvalue weighted by molar-refractivity contribution is -0.155. The van der Waals surface area contributed by atoms with Crippen LogP contribution in [-0.4, -0.2) is 20.5 Å². The zero-order chi connectivity index (χ0) is 20.9. The van der Waals surface area contributed by atoms with E-state index in [1.807, 2.05) is 67.6 Å². The molecule has 0 bridgehead atoms. The maximum atomic E-state index is 12.7. The molecule has 0 aromatic heterocycles. The van der Waals surface area contributed by atoms with E-state index < -0.39 is 28.3 Å². The van der Waals surface area contributed by atoms with Gasteiger partial charge in [0.2, 0.25) is 0 Å². The van der Waals surface area contributed by atoms with Gasteiger partial charge >= 0.3 is 5.97 Å². The zero-order valence-electron chi connectivity index (χ0n) is 16.2. The van der Waals surface area contributed by atoms with Crippen LogP contribution in [0, 0.1) is 6.92 Å². The topological polar surface area (TPSA) is 69.7 Å². The van der Waals surface area contributed by atoms with Crippen LogP contribution in [0.5, 0.6) is 0 Å². The van der Waals surface area contributed by atoms with E-state index in [1.54, 1.807) is 12.1 Å². The monoisotopic (exact) mass is 410 g/mol. The minimum atomic E-state index is -4.09. The summed E-state index contributed by atoms with van der Waals surface area (Å²) in [5, 5.41) is 0. The fraction of sp³-hybridized carbons (Fsp3) is 0.174. The maximum Gasteiger partial charge on any atom is 0.337 e. The molecular formula is C23H22O5S. The third kappa shape index (κ3) is 5.31. The Hall–Kier alpha value is -2.96. The van der Waals surface area contributed by atoms with E-state index in [2.05, 4.69) is 0 Å². The number of esters is 1. The molecule has 3 aromatic carbocycles. The number of aryl methyl sites for hydroxylation is 1. The number of hydrogen-bond acceptors (Lipinski definition) is 5. The third-order valence-corrected chi connectivity index (χ3v) is 5.74. The first-order chi connectivity index (χ1) is 13.9. The van der Waals surface area contributed by atoms with Crippen LogP contribution in [0.3, 0.4) is 0 Å². The van der Waals surface area contributed by atoms with Gasteiger partial charge in [0.25, 0.3) is 10.1 Å². The van der Waals surface area contributed by atoms with Crippen LogP contribution in [-0.2, 0) is 23.8 Å². The van der Waals surface area contributed by atoms with E-state index in [0.29, 0.717) is 0 Å². The molecular weight excluding hydrogens is 388 g/mol. The predicted octanol–water partition coefficient (Wildman–Crippen LogP) is 4.42. The molecule has 0 aliphatic rings. The molecule has 0 aliphatic carbocycles. The summed E-state index contributed by atoms with van der Waals surface area (Å²) in [5.74, 6) is -0.765. The van der Waals surface area contributed by atoms with E-state index in [0.717, 1.165) is 16.7 Å². The number of carbonyl (C=O) groups is 1. The van der Waals surface area contributed by atoms with Gasteiger partial charge in [0.15, 0.2) is 12.2 Å². The van der Waals surface area contributed by atoms with Crippen molar-refractivity contribution in [3.63, 3.8) is 0 Å². The predicted molar refractivity (Wildman–Crippen MR) is 110 cm³/mol. The molecule has 150 valence electrons. The molecule has 1 atom stereocenters. The van der Waals surface area contributed by atoms with Gasteiger partial charge in [-0.2, -0.15) is 8.42 Å². The maximum absolute atomic E-state index is 12.7. The fourth-order valence-electron chi connectivity index (χ4n) is 2.79. The highest BCUT2D eigenvalue weighted by molar-refractivity contribution is 7.86. The molecule has 0 unspecified atom stereocenters. The molecule has 0 N–H and O–H groups in total. The molecule has 29 heavy (non-hydrogen) atoms. The lowest BCUT2D eigenvalue weighted by atomic mass is 10.0. The van der Waals surface area contributed by atoms with E-state index in [9.17, 15) is 13.2 Å². The molecule has 0 spiro atoms. The molecule has 6 heteroatoms.